The van der Waals surface area contributed by atoms with E-state index in [1.807, 2.05) is 60.0 Å². The van der Waals surface area contributed by atoms with Crippen molar-refractivity contribution in [1.29, 1.82) is 0 Å². The number of fused-ring (bicyclic) bond motifs is 1. The van der Waals surface area contributed by atoms with Crippen molar-refractivity contribution >= 4 is 33.2 Å². The molecule has 0 amide bonds. The Morgan fingerprint density at radius 1 is 1.03 bits per heavy atom. The van der Waals surface area contributed by atoms with E-state index in [0.29, 0.717) is 37.0 Å². The van der Waals surface area contributed by atoms with E-state index in [0.717, 1.165) is 27.0 Å². The van der Waals surface area contributed by atoms with Gasteiger partial charge in [-0.15, -0.1) is 11.3 Å². The normalized spacial score (nSPS) is 10.7. The molecule has 2 aromatic heterocycles. The average Bonchev–Trinajstić information content (AvgIpc) is 3.23. The minimum Gasteiger partial charge on any atom is -0.489 e. The fraction of sp³-hybridized carbons (Fsp3) is 0.167. The van der Waals surface area contributed by atoms with E-state index in [-0.39, 0.29) is 0 Å². The zero-order valence-corrected chi connectivity index (χ0v) is 17.9. The highest BCUT2D eigenvalue weighted by molar-refractivity contribution is 7.17. The molecule has 0 unspecified atom stereocenters. The molecule has 6 nitrogen and oxygen atoms in total. The third-order valence-electron chi connectivity index (χ3n) is 4.64. The van der Waals surface area contributed by atoms with Crippen molar-refractivity contribution in [3.63, 3.8) is 0 Å². The summed E-state index contributed by atoms with van der Waals surface area (Å²) in [4.78, 5) is 16.4. The molecule has 0 bridgehead atoms. The van der Waals surface area contributed by atoms with E-state index in [9.17, 15) is 4.79 Å². The van der Waals surface area contributed by atoms with Crippen molar-refractivity contribution in [2.45, 2.75) is 20.1 Å². The van der Waals surface area contributed by atoms with Crippen molar-refractivity contribution in [3.8, 4) is 11.5 Å². The van der Waals surface area contributed by atoms with Crippen LogP contribution in [0.3, 0.4) is 0 Å². The summed E-state index contributed by atoms with van der Waals surface area (Å²) >= 11 is 1.43. The Bertz CT molecular complexity index is 1190. The van der Waals surface area contributed by atoms with Crippen LogP contribution in [0.15, 0.2) is 66.2 Å². The molecular formula is C24H22N2O4S. The Morgan fingerprint density at radius 3 is 2.52 bits per heavy atom. The fourth-order valence-corrected chi connectivity index (χ4v) is 4.21. The van der Waals surface area contributed by atoms with Crippen molar-refractivity contribution in [3.05, 3.63) is 82.9 Å². The fourth-order valence-electron chi connectivity index (χ4n) is 3.15. The number of nitrogen functional groups attached to an aromatic ring is 1. The van der Waals surface area contributed by atoms with Gasteiger partial charge in [-0.2, -0.15) is 0 Å². The van der Waals surface area contributed by atoms with Gasteiger partial charge in [0.2, 0.25) is 0 Å². The zero-order valence-electron chi connectivity index (χ0n) is 17.0. The number of benzene rings is 2. The lowest BCUT2D eigenvalue weighted by molar-refractivity contribution is 0.0528. The molecule has 4 aromatic rings. The van der Waals surface area contributed by atoms with Gasteiger partial charge in [-0.05, 0) is 30.0 Å². The standard InChI is InChI=1S/C24H22N2O4S/c1-2-28-24(27)20-12-26-23(25)21-17(15-31-22(20)21)14-30-19-10-6-9-18(11-19)29-13-16-7-4-3-5-8-16/h3-12,15H,2,13-14H2,1H3,(H2,25,26). The maximum Gasteiger partial charge on any atom is 0.341 e. The van der Waals surface area contributed by atoms with Gasteiger partial charge in [0, 0.05) is 23.2 Å². The number of pyridine rings is 1. The number of rotatable bonds is 8. The van der Waals surface area contributed by atoms with Gasteiger partial charge in [0.25, 0.3) is 0 Å². The third kappa shape index (κ3) is 4.78. The molecule has 0 saturated heterocycles. The molecule has 4 rings (SSSR count). The third-order valence-corrected chi connectivity index (χ3v) is 5.71. The van der Waals surface area contributed by atoms with Crippen LogP contribution in [0.5, 0.6) is 11.5 Å². The van der Waals surface area contributed by atoms with Gasteiger partial charge >= 0.3 is 5.97 Å². The maximum atomic E-state index is 12.2. The minimum absolute atomic E-state index is 0.292. The number of thiophene rings is 1. The van der Waals surface area contributed by atoms with Crippen LogP contribution in [0.2, 0.25) is 0 Å². The molecule has 0 fully saturated rings. The molecule has 0 spiro atoms. The molecule has 158 valence electrons. The van der Waals surface area contributed by atoms with Crippen LogP contribution in [0.25, 0.3) is 10.1 Å². The van der Waals surface area contributed by atoms with E-state index in [1.54, 1.807) is 6.92 Å². The number of anilines is 1. The molecule has 0 aliphatic carbocycles. The predicted octanol–water partition coefficient (Wildman–Crippen LogP) is 5.21. The van der Waals surface area contributed by atoms with Crippen LogP contribution in [-0.4, -0.2) is 17.6 Å². The Labute approximate surface area is 184 Å². The monoisotopic (exact) mass is 434 g/mol. The van der Waals surface area contributed by atoms with E-state index < -0.39 is 5.97 Å². The van der Waals surface area contributed by atoms with E-state index in [4.69, 9.17) is 19.9 Å². The number of ether oxygens (including phenoxy) is 3. The van der Waals surface area contributed by atoms with Crippen LogP contribution < -0.4 is 15.2 Å². The van der Waals surface area contributed by atoms with Crippen molar-refractivity contribution < 1.29 is 19.0 Å². The number of aromatic nitrogens is 1. The second-order valence-corrected chi connectivity index (χ2v) is 7.66. The first-order valence-corrected chi connectivity index (χ1v) is 10.7. The van der Waals surface area contributed by atoms with Gasteiger partial charge in [0.15, 0.2) is 0 Å². The summed E-state index contributed by atoms with van der Waals surface area (Å²) in [5.74, 6) is 1.36. The molecular weight excluding hydrogens is 412 g/mol. The lowest BCUT2D eigenvalue weighted by atomic mass is 10.1. The molecule has 2 N–H and O–H groups in total. The molecule has 0 aliphatic rings. The first-order chi connectivity index (χ1) is 15.2. The topological polar surface area (TPSA) is 83.7 Å². The van der Waals surface area contributed by atoms with Crippen LogP contribution >= 0.6 is 11.3 Å². The van der Waals surface area contributed by atoms with E-state index in [1.165, 1.54) is 17.5 Å². The summed E-state index contributed by atoms with van der Waals surface area (Å²) in [5, 5.41) is 2.66. The van der Waals surface area contributed by atoms with Gasteiger partial charge in [-0.1, -0.05) is 36.4 Å². The number of hydrogen-bond acceptors (Lipinski definition) is 7. The number of hydrogen-bond donors (Lipinski definition) is 1. The Morgan fingerprint density at radius 2 is 1.77 bits per heavy atom. The average molecular weight is 435 g/mol. The highest BCUT2D eigenvalue weighted by atomic mass is 32.1. The molecule has 0 atom stereocenters. The number of nitrogens with two attached hydrogens (primary N) is 1. The molecule has 0 saturated carbocycles. The number of esters is 1. The molecule has 0 aliphatic heterocycles. The van der Waals surface area contributed by atoms with Gasteiger partial charge in [0.05, 0.1) is 16.9 Å². The SMILES string of the molecule is CCOC(=O)c1cnc(N)c2c(COc3cccc(OCc4ccccc4)c3)csc12. The summed E-state index contributed by atoms with van der Waals surface area (Å²) in [6, 6.07) is 17.5. The highest BCUT2D eigenvalue weighted by Crippen LogP contribution is 2.33. The first kappa shape index (κ1) is 20.7. The summed E-state index contributed by atoms with van der Waals surface area (Å²) in [6.45, 7) is 2.85. The zero-order chi connectivity index (χ0) is 21.6. The summed E-state index contributed by atoms with van der Waals surface area (Å²) in [6.07, 6.45) is 1.46. The van der Waals surface area contributed by atoms with Crippen molar-refractivity contribution in [2.24, 2.45) is 0 Å². The second kappa shape index (κ2) is 9.49. The number of carbonyl (C=O) groups is 1. The maximum absolute atomic E-state index is 12.2. The Balaban J connectivity index is 1.48. The van der Waals surface area contributed by atoms with Crippen molar-refractivity contribution in [2.75, 3.05) is 12.3 Å². The lowest BCUT2D eigenvalue weighted by Gasteiger charge is -2.10. The Kier molecular flexibility index (Phi) is 6.33. The Hall–Kier alpha value is -3.58. The predicted molar refractivity (Wildman–Crippen MR) is 122 cm³/mol. The van der Waals surface area contributed by atoms with Gasteiger partial charge in [-0.25, -0.2) is 9.78 Å². The summed E-state index contributed by atoms with van der Waals surface area (Å²) in [7, 11) is 0. The van der Waals surface area contributed by atoms with Crippen LogP contribution in [0.4, 0.5) is 5.82 Å². The van der Waals surface area contributed by atoms with Crippen molar-refractivity contribution in [1.82, 2.24) is 4.98 Å². The number of nitrogens with zero attached hydrogens (tertiary/aromatic N) is 1. The smallest absolute Gasteiger partial charge is 0.341 e. The van der Waals surface area contributed by atoms with Gasteiger partial charge in [0.1, 0.15) is 30.5 Å². The van der Waals surface area contributed by atoms with Crippen LogP contribution in [0.1, 0.15) is 28.4 Å². The molecule has 2 heterocycles. The summed E-state index contributed by atoms with van der Waals surface area (Å²) in [5.41, 5.74) is 8.48. The van der Waals surface area contributed by atoms with Gasteiger partial charge < -0.3 is 19.9 Å². The number of carbonyl (C=O) groups excluding carboxylic acids is 1. The van der Waals surface area contributed by atoms with E-state index in [2.05, 4.69) is 4.98 Å². The quantitative estimate of drug-likeness (QED) is 0.383. The molecule has 7 heteroatoms. The van der Waals surface area contributed by atoms with E-state index >= 15 is 0 Å². The summed E-state index contributed by atoms with van der Waals surface area (Å²) < 4.78 is 17.7. The largest absolute Gasteiger partial charge is 0.489 e. The molecule has 0 radical (unpaired) electrons. The highest BCUT2D eigenvalue weighted by Gasteiger charge is 2.18. The molecule has 2 aromatic carbocycles. The van der Waals surface area contributed by atoms with Gasteiger partial charge in [-0.3, -0.25) is 0 Å². The minimum atomic E-state index is -0.405. The molecule has 31 heavy (non-hydrogen) atoms. The second-order valence-electron chi connectivity index (χ2n) is 6.78. The van der Waals surface area contributed by atoms with Crippen LogP contribution in [-0.2, 0) is 18.0 Å². The van der Waals surface area contributed by atoms with Crippen LogP contribution in [0, 0.1) is 0 Å². The lowest BCUT2D eigenvalue weighted by Crippen LogP contribution is -2.06. The first-order valence-electron chi connectivity index (χ1n) is 9.87.